The maximum absolute atomic E-state index is 12.2. The van der Waals surface area contributed by atoms with Gasteiger partial charge in [-0.3, -0.25) is 4.79 Å². The molecule has 0 heterocycles. The molecule has 0 unspecified atom stereocenters. The van der Waals surface area contributed by atoms with Crippen LogP contribution in [0.4, 0.5) is 0 Å². The molecule has 2 rings (SSSR count). The lowest BCUT2D eigenvalue weighted by Crippen LogP contribution is -2.01. The van der Waals surface area contributed by atoms with Crippen LogP contribution < -0.4 is 9.47 Å². The largest absolute Gasteiger partial charge is 0.497 e. The fourth-order valence-electron chi connectivity index (χ4n) is 1.65. The van der Waals surface area contributed by atoms with Gasteiger partial charge in [0.05, 0.1) is 14.2 Å². The third kappa shape index (κ3) is 3.63. The molecular formula is C17H16O3. The summed E-state index contributed by atoms with van der Waals surface area (Å²) in [6.45, 7) is 0. The van der Waals surface area contributed by atoms with Gasteiger partial charge in [-0.2, -0.15) is 0 Å². The van der Waals surface area contributed by atoms with Crippen LogP contribution in [0.5, 0.6) is 11.5 Å². The Balaban J connectivity index is 0.000000956. The highest BCUT2D eigenvalue weighted by Crippen LogP contribution is 2.17. The first-order chi connectivity index (χ1) is 9.74. The predicted molar refractivity (Wildman–Crippen MR) is 79.3 cm³/mol. The maximum Gasteiger partial charge on any atom is 0.193 e. The third-order valence-electron chi connectivity index (χ3n) is 2.70. The fourth-order valence-corrected chi connectivity index (χ4v) is 1.65. The molecule has 2 aromatic rings. The second kappa shape index (κ2) is 7.65. The lowest BCUT2D eigenvalue weighted by atomic mass is 10.0. The first-order valence-corrected chi connectivity index (χ1v) is 5.90. The molecule has 0 saturated carbocycles. The number of methoxy groups -OCH3 is 2. The van der Waals surface area contributed by atoms with Gasteiger partial charge in [-0.05, 0) is 48.5 Å². The van der Waals surface area contributed by atoms with Crippen LogP contribution in [0, 0.1) is 12.8 Å². The van der Waals surface area contributed by atoms with Crippen LogP contribution in [0.15, 0.2) is 48.5 Å². The number of hydrogen-bond acceptors (Lipinski definition) is 3. The molecule has 3 nitrogen and oxygen atoms in total. The zero-order valence-corrected chi connectivity index (χ0v) is 11.5. The summed E-state index contributed by atoms with van der Waals surface area (Å²) in [5.41, 5.74) is 1.28. The zero-order valence-electron chi connectivity index (χ0n) is 11.5. The van der Waals surface area contributed by atoms with E-state index in [1.54, 1.807) is 62.8 Å². The highest BCUT2D eigenvalue weighted by atomic mass is 16.5. The van der Waals surface area contributed by atoms with Gasteiger partial charge >= 0.3 is 0 Å². The number of benzene rings is 2. The summed E-state index contributed by atoms with van der Waals surface area (Å²) < 4.78 is 10.1. The number of hydrogen-bond donors (Lipinski definition) is 0. The van der Waals surface area contributed by atoms with Crippen molar-refractivity contribution in [3.63, 3.8) is 0 Å². The summed E-state index contributed by atoms with van der Waals surface area (Å²) in [6.07, 6.45) is 8.00. The Morgan fingerprint density at radius 1 is 0.750 bits per heavy atom. The van der Waals surface area contributed by atoms with E-state index in [4.69, 9.17) is 9.47 Å². The van der Waals surface area contributed by atoms with Crippen LogP contribution in [0.1, 0.15) is 15.9 Å². The average molecular weight is 268 g/mol. The van der Waals surface area contributed by atoms with Crippen LogP contribution in [-0.4, -0.2) is 20.0 Å². The van der Waals surface area contributed by atoms with Crippen molar-refractivity contribution in [3.05, 3.63) is 59.7 Å². The van der Waals surface area contributed by atoms with Gasteiger partial charge in [-0.1, -0.05) is 0 Å². The topological polar surface area (TPSA) is 35.5 Å². The van der Waals surface area contributed by atoms with E-state index in [0.29, 0.717) is 11.1 Å². The molecule has 0 aliphatic carbocycles. The Morgan fingerprint density at radius 2 is 1.05 bits per heavy atom. The fraction of sp³-hybridized carbons (Fsp3) is 0.118. The Hall–Kier alpha value is -2.73. The van der Waals surface area contributed by atoms with Crippen LogP contribution in [0.2, 0.25) is 0 Å². The van der Waals surface area contributed by atoms with E-state index in [1.165, 1.54) is 0 Å². The van der Waals surface area contributed by atoms with Crippen molar-refractivity contribution in [3.8, 4) is 24.3 Å². The maximum atomic E-state index is 12.2. The number of rotatable bonds is 4. The second-order valence-corrected chi connectivity index (χ2v) is 3.79. The summed E-state index contributed by atoms with van der Waals surface area (Å²) in [6, 6.07) is 14.1. The molecule has 2 aromatic carbocycles. The van der Waals surface area contributed by atoms with E-state index >= 15 is 0 Å². The van der Waals surface area contributed by atoms with Gasteiger partial charge in [-0.15, -0.1) is 12.8 Å². The highest BCUT2D eigenvalue weighted by Gasteiger charge is 2.08. The molecule has 0 spiro atoms. The van der Waals surface area contributed by atoms with E-state index in [1.807, 2.05) is 0 Å². The minimum absolute atomic E-state index is 0.0136. The van der Waals surface area contributed by atoms with E-state index in [0.717, 1.165) is 11.5 Å². The van der Waals surface area contributed by atoms with Crippen molar-refractivity contribution in [2.75, 3.05) is 14.2 Å². The molecule has 0 N–H and O–H groups in total. The smallest absolute Gasteiger partial charge is 0.193 e. The number of ketones is 1. The van der Waals surface area contributed by atoms with Crippen LogP contribution >= 0.6 is 0 Å². The zero-order chi connectivity index (χ0) is 15.0. The van der Waals surface area contributed by atoms with E-state index in [2.05, 4.69) is 12.8 Å². The second-order valence-electron chi connectivity index (χ2n) is 3.79. The summed E-state index contributed by atoms with van der Waals surface area (Å²) in [5, 5.41) is 0. The average Bonchev–Trinajstić information content (AvgIpc) is 2.56. The van der Waals surface area contributed by atoms with Crippen molar-refractivity contribution in [1.29, 1.82) is 0 Å². The number of terminal acetylenes is 1. The lowest BCUT2D eigenvalue weighted by molar-refractivity contribution is 0.103. The molecule has 0 atom stereocenters. The summed E-state index contributed by atoms with van der Waals surface area (Å²) in [7, 11) is 3.20. The van der Waals surface area contributed by atoms with Gasteiger partial charge in [0.25, 0.3) is 0 Å². The minimum Gasteiger partial charge on any atom is -0.497 e. The first kappa shape index (κ1) is 15.3. The SMILES string of the molecule is C#C.COc1ccc(C(=O)c2ccc(OC)cc2)cc1. The first-order valence-electron chi connectivity index (χ1n) is 5.90. The molecule has 0 aliphatic rings. The molecule has 0 bridgehead atoms. The van der Waals surface area contributed by atoms with Crippen molar-refractivity contribution >= 4 is 5.78 Å². The van der Waals surface area contributed by atoms with Crippen LogP contribution in [0.25, 0.3) is 0 Å². The molecule has 0 aliphatic heterocycles. The molecule has 0 amide bonds. The molecule has 0 saturated heterocycles. The summed E-state index contributed by atoms with van der Waals surface area (Å²) in [5.74, 6) is 1.46. The molecule has 0 aromatic heterocycles. The van der Waals surface area contributed by atoms with Crippen LogP contribution in [0.3, 0.4) is 0 Å². The summed E-state index contributed by atoms with van der Waals surface area (Å²) in [4.78, 5) is 12.2. The van der Waals surface area contributed by atoms with Gasteiger partial charge in [0, 0.05) is 11.1 Å². The Bertz CT molecular complexity index is 516. The van der Waals surface area contributed by atoms with Crippen LogP contribution in [-0.2, 0) is 0 Å². The molecule has 0 radical (unpaired) electrons. The van der Waals surface area contributed by atoms with Gasteiger partial charge in [0.2, 0.25) is 0 Å². The third-order valence-corrected chi connectivity index (χ3v) is 2.70. The van der Waals surface area contributed by atoms with Crippen molar-refractivity contribution in [2.24, 2.45) is 0 Å². The highest BCUT2D eigenvalue weighted by molar-refractivity contribution is 6.09. The van der Waals surface area contributed by atoms with Gasteiger partial charge in [0.1, 0.15) is 11.5 Å². The molecular weight excluding hydrogens is 252 g/mol. The quantitative estimate of drug-likeness (QED) is 0.631. The number of carbonyl (C=O) groups is 1. The van der Waals surface area contributed by atoms with E-state index < -0.39 is 0 Å². The monoisotopic (exact) mass is 268 g/mol. The van der Waals surface area contributed by atoms with Gasteiger partial charge < -0.3 is 9.47 Å². The van der Waals surface area contributed by atoms with Gasteiger partial charge in [0.15, 0.2) is 5.78 Å². The van der Waals surface area contributed by atoms with Crippen molar-refractivity contribution < 1.29 is 14.3 Å². The Morgan fingerprint density at radius 3 is 1.30 bits per heavy atom. The molecule has 0 fully saturated rings. The Labute approximate surface area is 119 Å². The number of ether oxygens (including phenoxy) is 2. The van der Waals surface area contributed by atoms with E-state index in [9.17, 15) is 4.79 Å². The minimum atomic E-state index is -0.0136. The standard InChI is InChI=1S/C15H14O3.C2H2/c1-17-13-7-3-11(4-8-13)15(16)12-5-9-14(18-2)10-6-12;1-2/h3-10H,1-2H3;1-2H. The van der Waals surface area contributed by atoms with Crippen molar-refractivity contribution in [2.45, 2.75) is 0 Å². The molecule has 20 heavy (non-hydrogen) atoms. The molecule has 3 heteroatoms. The van der Waals surface area contributed by atoms with E-state index in [-0.39, 0.29) is 5.78 Å². The normalized spacial score (nSPS) is 9.00. The van der Waals surface area contributed by atoms with Gasteiger partial charge in [-0.25, -0.2) is 0 Å². The Kier molecular flexibility index (Phi) is 5.86. The summed E-state index contributed by atoms with van der Waals surface area (Å²) >= 11 is 0. The number of carbonyl (C=O) groups excluding carboxylic acids is 1. The molecule has 102 valence electrons. The predicted octanol–water partition coefficient (Wildman–Crippen LogP) is 3.18. The lowest BCUT2D eigenvalue weighted by Gasteiger charge is -2.04. The van der Waals surface area contributed by atoms with Crippen molar-refractivity contribution in [1.82, 2.24) is 0 Å².